The van der Waals surface area contributed by atoms with Crippen molar-refractivity contribution in [1.29, 1.82) is 0 Å². The Hall–Kier alpha value is -3.14. The first-order valence-corrected chi connectivity index (χ1v) is 11.8. The van der Waals surface area contributed by atoms with Crippen molar-refractivity contribution in [3.05, 3.63) is 64.5 Å². The molecule has 1 fully saturated rings. The van der Waals surface area contributed by atoms with Crippen molar-refractivity contribution < 1.29 is 23.5 Å². The predicted molar refractivity (Wildman–Crippen MR) is 131 cm³/mol. The van der Waals surface area contributed by atoms with Gasteiger partial charge >= 0.3 is 0 Å². The van der Waals surface area contributed by atoms with E-state index in [-0.39, 0.29) is 31.2 Å². The van der Waals surface area contributed by atoms with E-state index in [1.54, 1.807) is 37.1 Å². The molecular weight excluding hydrogens is 451 g/mol. The lowest BCUT2D eigenvalue weighted by Gasteiger charge is -2.26. The maximum Gasteiger partial charge on any atom is 0.240 e. The monoisotopic (exact) mass is 484 g/mol. The Labute approximate surface area is 205 Å². The van der Waals surface area contributed by atoms with Crippen LogP contribution in [0.3, 0.4) is 0 Å². The predicted octanol–water partition coefficient (Wildman–Crippen LogP) is 2.57. The fourth-order valence-electron chi connectivity index (χ4n) is 3.98. The van der Waals surface area contributed by atoms with Gasteiger partial charge in [-0.05, 0) is 36.4 Å². The van der Waals surface area contributed by atoms with Crippen LogP contribution in [-0.4, -0.2) is 67.8 Å². The van der Waals surface area contributed by atoms with Gasteiger partial charge in [-0.1, -0.05) is 25.1 Å². The number of ether oxygens (including phenoxy) is 1. The largest absolute Gasteiger partial charge is 0.381 e. The van der Waals surface area contributed by atoms with Crippen LogP contribution in [0.4, 0.5) is 10.1 Å². The van der Waals surface area contributed by atoms with Crippen LogP contribution < -0.4 is 10.6 Å². The number of aldehydes is 1. The molecule has 2 aromatic carbocycles. The molecule has 35 heavy (non-hydrogen) atoms. The maximum absolute atomic E-state index is 14.6. The highest BCUT2D eigenvalue weighted by Crippen LogP contribution is 2.23. The second-order valence-corrected chi connectivity index (χ2v) is 8.66. The molecule has 2 N–H and O–H groups in total. The summed E-state index contributed by atoms with van der Waals surface area (Å²) >= 11 is 0. The van der Waals surface area contributed by atoms with E-state index < -0.39 is 5.91 Å². The number of hydrogen-bond acceptors (Lipinski definition) is 7. The zero-order valence-corrected chi connectivity index (χ0v) is 20.3. The van der Waals surface area contributed by atoms with E-state index in [1.807, 2.05) is 12.1 Å². The van der Waals surface area contributed by atoms with E-state index in [0.717, 1.165) is 31.5 Å². The molecule has 1 heterocycles. The lowest BCUT2D eigenvalue weighted by molar-refractivity contribution is -0.130. The average Bonchev–Trinajstić information content (AvgIpc) is 2.85. The number of carbonyl (C=O) groups excluding carboxylic acids is 3. The highest BCUT2D eigenvalue weighted by molar-refractivity contribution is 5.95. The van der Waals surface area contributed by atoms with E-state index >= 15 is 0 Å². The molecule has 1 aliphatic heterocycles. The van der Waals surface area contributed by atoms with Gasteiger partial charge in [-0.25, -0.2) is 4.39 Å². The molecule has 1 aliphatic rings. The second kappa shape index (κ2) is 13.1. The van der Waals surface area contributed by atoms with Gasteiger partial charge in [0.15, 0.2) is 0 Å². The molecule has 188 valence electrons. The van der Waals surface area contributed by atoms with Crippen LogP contribution >= 0.6 is 0 Å². The number of nitrogens with zero attached hydrogens (tertiary/aromatic N) is 2. The van der Waals surface area contributed by atoms with Gasteiger partial charge in [-0.15, -0.1) is 0 Å². The van der Waals surface area contributed by atoms with Gasteiger partial charge in [-0.3, -0.25) is 29.5 Å². The summed E-state index contributed by atoms with van der Waals surface area (Å²) in [4.78, 5) is 39.2. The molecule has 0 saturated carbocycles. The van der Waals surface area contributed by atoms with E-state index in [1.165, 1.54) is 6.07 Å². The summed E-state index contributed by atoms with van der Waals surface area (Å²) in [7, 11) is 1.73. The highest BCUT2D eigenvalue weighted by Gasteiger charge is 2.16. The van der Waals surface area contributed by atoms with Gasteiger partial charge in [-0.2, -0.15) is 0 Å². The number of rotatable bonds is 11. The van der Waals surface area contributed by atoms with Crippen LogP contribution in [0.5, 0.6) is 0 Å². The number of hydrogen-bond donors (Lipinski definition) is 2. The first-order valence-electron chi connectivity index (χ1n) is 11.8. The number of amides is 2. The fraction of sp³-hybridized carbons (Fsp3) is 0.423. The lowest BCUT2D eigenvalue weighted by Crippen LogP contribution is -2.38. The lowest BCUT2D eigenvalue weighted by atomic mass is 10.0. The van der Waals surface area contributed by atoms with E-state index in [0.29, 0.717) is 42.1 Å². The first kappa shape index (κ1) is 26.5. The number of likely N-dealkylation sites (N-methyl/N-ethyl adjacent to an activating group) is 1. The Kier molecular flexibility index (Phi) is 9.89. The molecular formula is C26H33FN4O4. The molecule has 0 atom stereocenters. The maximum atomic E-state index is 14.6. The summed E-state index contributed by atoms with van der Waals surface area (Å²) in [5, 5.41) is 5.58. The number of carbonyl (C=O) groups is 3. The summed E-state index contributed by atoms with van der Waals surface area (Å²) in [6.45, 7) is 6.05. The molecule has 3 rings (SSSR count). The Morgan fingerprint density at radius 3 is 2.66 bits per heavy atom. The van der Waals surface area contributed by atoms with Gasteiger partial charge in [0.25, 0.3) is 0 Å². The van der Waals surface area contributed by atoms with Gasteiger partial charge in [0, 0.05) is 56.0 Å². The molecule has 0 spiro atoms. The third kappa shape index (κ3) is 7.95. The van der Waals surface area contributed by atoms with Crippen LogP contribution in [0.2, 0.25) is 0 Å². The van der Waals surface area contributed by atoms with Crippen LogP contribution in [0.15, 0.2) is 36.4 Å². The van der Waals surface area contributed by atoms with Gasteiger partial charge in [0.1, 0.15) is 12.1 Å². The average molecular weight is 485 g/mol. The number of morpholine rings is 1. The van der Waals surface area contributed by atoms with E-state index in [9.17, 15) is 18.8 Å². The number of benzene rings is 2. The Balaban J connectivity index is 1.69. The second-order valence-electron chi connectivity index (χ2n) is 8.66. The molecule has 8 nitrogen and oxygen atoms in total. The van der Waals surface area contributed by atoms with Crippen molar-refractivity contribution >= 4 is 23.8 Å². The molecule has 0 aliphatic carbocycles. The van der Waals surface area contributed by atoms with Crippen molar-refractivity contribution in [2.45, 2.75) is 33.0 Å². The van der Waals surface area contributed by atoms with Crippen molar-refractivity contribution in [2.24, 2.45) is 0 Å². The molecule has 0 aromatic heterocycles. The summed E-state index contributed by atoms with van der Waals surface area (Å²) in [5.41, 5.74) is 3.42. The van der Waals surface area contributed by atoms with E-state index in [2.05, 4.69) is 15.5 Å². The molecule has 9 heteroatoms. The fourth-order valence-corrected chi connectivity index (χ4v) is 3.98. The SMILES string of the molecule is CCC(=O)NC(=O)CN(C)Cc1c(C=O)cccc1NCc1cc(CN2CCOCC2)ccc1F. The number of nitrogens with one attached hydrogen (secondary N) is 2. The standard InChI is InChI=1S/C26H33FN4O4/c1-3-25(33)29-26(34)17-30(2)16-22-20(18-32)5-4-6-24(22)28-14-21-13-19(7-8-23(21)27)15-31-9-11-35-12-10-31/h4-8,13,18,28H,3,9-12,14-17H2,1-2H3,(H,29,33,34). The normalized spacial score (nSPS) is 14.1. The van der Waals surface area contributed by atoms with Crippen molar-refractivity contribution in [3.8, 4) is 0 Å². The Bertz CT molecular complexity index is 1040. The van der Waals surface area contributed by atoms with Crippen molar-refractivity contribution in [1.82, 2.24) is 15.1 Å². The van der Waals surface area contributed by atoms with Gasteiger partial charge in [0.2, 0.25) is 11.8 Å². The molecule has 1 saturated heterocycles. The summed E-state index contributed by atoms with van der Waals surface area (Å²) in [6.07, 6.45) is 0.986. The van der Waals surface area contributed by atoms with Crippen molar-refractivity contribution in [3.63, 3.8) is 0 Å². The van der Waals surface area contributed by atoms with Crippen LogP contribution in [0, 0.1) is 5.82 Å². The number of imide groups is 1. The summed E-state index contributed by atoms with van der Waals surface area (Å²) in [5.74, 6) is -1.04. The molecule has 2 amide bonds. The Morgan fingerprint density at radius 1 is 1.17 bits per heavy atom. The highest BCUT2D eigenvalue weighted by atomic mass is 19.1. The molecule has 2 aromatic rings. The molecule has 0 radical (unpaired) electrons. The minimum Gasteiger partial charge on any atom is -0.381 e. The van der Waals surface area contributed by atoms with Crippen LogP contribution in [0.1, 0.15) is 40.4 Å². The van der Waals surface area contributed by atoms with Gasteiger partial charge in [0.05, 0.1) is 19.8 Å². The van der Waals surface area contributed by atoms with Crippen LogP contribution in [0.25, 0.3) is 0 Å². The Morgan fingerprint density at radius 2 is 1.94 bits per heavy atom. The van der Waals surface area contributed by atoms with Gasteiger partial charge < -0.3 is 10.1 Å². The number of halogens is 1. The minimum atomic E-state index is -0.406. The summed E-state index contributed by atoms with van der Waals surface area (Å²) in [6, 6.07) is 10.4. The van der Waals surface area contributed by atoms with Crippen LogP contribution in [-0.2, 0) is 34.0 Å². The quantitative estimate of drug-likeness (QED) is 0.474. The minimum absolute atomic E-state index is 0.00339. The molecule has 0 unspecified atom stereocenters. The summed E-state index contributed by atoms with van der Waals surface area (Å²) < 4.78 is 20.0. The zero-order chi connectivity index (χ0) is 25.2. The first-order chi connectivity index (χ1) is 16.9. The smallest absolute Gasteiger partial charge is 0.240 e. The third-order valence-electron chi connectivity index (χ3n) is 5.87. The van der Waals surface area contributed by atoms with E-state index in [4.69, 9.17) is 4.74 Å². The topological polar surface area (TPSA) is 91.0 Å². The third-order valence-corrected chi connectivity index (χ3v) is 5.87. The zero-order valence-electron chi connectivity index (χ0n) is 20.3. The molecule has 0 bridgehead atoms. The van der Waals surface area contributed by atoms with Crippen molar-refractivity contribution in [2.75, 3.05) is 45.2 Å². The number of anilines is 1.